The Morgan fingerprint density at radius 2 is 2.06 bits per heavy atom. The molecule has 1 unspecified atom stereocenters. The van der Waals surface area contributed by atoms with Gasteiger partial charge in [-0.15, -0.1) is 22.9 Å². The molecule has 0 aromatic carbocycles. The second-order valence-electron chi connectivity index (χ2n) is 4.69. The summed E-state index contributed by atoms with van der Waals surface area (Å²) >= 11 is 11.7. The van der Waals surface area contributed by atoms with E-state index < -0.39 is 0 Å². The number of rotatable bonds is 4. The van der Waals surface area contributed by atoms with E-state index in [-0.39, 0.29) is 5.38 Å². The van der Waals surface area contributed by atoms with E-state index in [2.05, 4.69) is 28.1 Å². The molecule has 0 amide bonds. The second kappa shape index (κ2) is 6.42. The lowest BCUT2D eigenvalue weighted by Gasteiger charge is -2.22. The normalized spacial score (nSPS) is 19.9. The molecule has 3 heteroatoms. The molecule has 0 N–H and O–H groups in total. The Bertz CT molecular complexity index is 317. The molecule has 1 fully saturated rings. The average Bonchev–Trinajstić information content (AvgIpc) is 2.74. The van der Waals surface area contributed by atoms with Gasteiger partial charge in [0, 0.05) is 4.88 Å². The predicted molar refractivity (Wildman–Crippen MR) is 76.4 cm³/mol. The first kappa shape index (κ1) is 12.9. The summed E-state index contributed by atoms with van der Waals surface area (Å²) in [6.07, 6.45) is 9.61. The third-order valence-electron chi connectivity index (χ3n) is 3.46. The highest BCUT2D eigenvalue weighted by Gasteiger charge is 2.16. The molecule has 0 saturated heterocycles. The van der Waals surface area contributed by atoms with Crippen LogP contribution >= 0.6 is 38.9 Å². The van der Waals surface area contributed by atoms with E-state index in [1.807, 2.05) is 0 Å². The van der Waals surface area contributed by atoms with Gasteiger partial charge in [-0.25, -0.2) is 0 Å². The Balaban J connectivity index is 1.76. The summed E-state index contributed by atoms with van der Waals surface area (Å²) in [4.78, 5) is 1.31. The quantitative estimate of drug-likeness (QED) is 0.583. The molecule has 1 aromatic rings. The van der Waals surface area contributed by atoms with Crippen molar-refractivity contribution in [3.63, 3.8) is 0 Å². The van der Waals surface area contributed by atoms with Gasteiger partial charge in [-0.1, -0.05) is 32.1 Å². The molecular weight excluding hydrogens is 304 g/mol. The fraction of sp³-hybridized carbons (Fsp3) is 0.692. The van der Waals surface area contributed by atoms with Gasteiger partial charge in [0.2, 0.25) is 0 Å². The van der Waals surface area contributed by atoms with Gasteiger partial charge in [-0.2, -0.15) is 0 Å². The van der Waals surface area contributed by atoms with Crippen LogP contribution in [0.3, 0.4) is 0 Å². The molecular formula is C13H18BrClS. The van der Waals surface area contributed by atoms with Crippen molar-refractivity contribution < 1.29 is 0 Å². The standard InChI is InChI=1S/C13H18BrClS/c14-13-9-8-12(16-13)11(15)7-6-10-4-2-1-3-5-10/h8-11H,1-7H2. The first-order chi connectivity index (χ1) is 7.75. The van der Waals surface area contributed by atoms with E-state index in [0.717, 1.165) is 12.3 Å². The van der Waals surface area contributed by atoms with Crippen molar-refractivity contribution in [2.45, 2.75) is 50.3 Å². The highest BCUT2D eigenvalue weighted by Crippen LogP contribution is 2.36. The highest BCUT2D eigenvalue weighted by molar-refractivity contribution is 9.11. The summed E-state index contributed by atoms with van der Waals surface area (Å²) in [5, 5.41) is 0.221. The van der Waals surface area contributed by atoms with Gasteiger partial charge < -0.3 is 0 Å². The van der Waals surface area contributed by atoms with Crippen molar-refractivity contribution in [3.8, 4) is 0 Å². The SMILES string of the molecule is ClC(CCC1CCCCC1)c1ccc(Br)s1. The summed E-state index contributed by atoms with van der Waals surface area (Å²) in [7, 11) is 0. The van der Waals surface area contributed by atoms with Gasteiger partial charge >= 0.3 is 0 Å². The molecule has 0 bridgehead atoms. The molecule has 1 aliphatic carbocycles. The van der Waals surface area contributed by atoms with Crippen molar-refractivity contribution in [2.24, 2.45) is 5.92 Å². The van der Waals surface area contributed by atoms with Crippen molar-refractivity contribution in [2.75, 3.05) is 0 Å². The first-order valence-corrected chi connectivity index (χ1v) is 8.19. The maximum absolute atomic E-state index is 6.43. The van der Waals surface area contributed by atoms with E-state index in [9.17, 15) is 0 Å². The number of thiophene rings is 1. The number of hydrogen-bond donors (Lipinski definition) is 0. The number of hydrogen-bond acceptors (Lipinski definition) is 1. The molecule has 0 radical (unpaired) electrons. The van der Waals surface area contributed by atoms with Gasteiger partial charge in [-0.3, -0.25) is 0 Å². The molecule has 1 aromatic heterocycles. The third-order valence-corrected chi connectivity index (χ3v) is 5.78. The van der Waals surface area contributed by atoms with E-state index in [1.165, 1.54) is 47.2 Å². The summed E-state index contributed by atoms with van der Waals surface area (Å²) in [5.41, 5.74) is 0. The van der Waals surface area contributed by atoms with Gasteiger partial charge in [0.05, 0.1) is 9.16 Å². The Morgan fingerprint density at radius 3 is 2.69 bits per heavy atom. The van der Waals surface area contributed by atoms with Gasteiger partial charge in [-0.05, 0) is 46.8 Å². The van der Waals surface area contributed by atoms with Crippen LogP contribution in [0, 0.1) is 5.92 Å². The van der Waals surface area contributed by atoms with Gasteiger partial charge in [0.1, 0.15) is 0 Å². The molecule has 1 aliphatic rings. The van der Waals surface area contributed by atoms with E-state index in [4.69, 9.17) is 11.6 Å². The zero-order chi connectivity index (χ0) is 11.4. The highest BCUT2D eigenvalue weighted by atomic mass is 79.9. The number of alkyl halides is 1. The molecule has 1 heterocycles. The monoisotopic (exact) mass is 320 g/mol. The smallest absolute Gasteiger partial charge is 0.0701 e. The first-order valence-electron chi connectivity index (χ1n) is 6.15. The van der Waals surface area contributed by atoms with Crippen LogP contribution in [-0.4, -0.2) is 0 Å². The van der Waals surface area contributed by atoms with Crippen LogP contribution in [0.5, 0.6) is 0 Å². The van der Waals surface area contributed by atoms with Crippen LogP contribution < -0.4 is 0 Å². The molecule has 90 valence electrons. The van der Waals surface area contributed by atoms with E-state index in [1.54, 1.807) is 11.3 Å². The van der Waals surface area contributed by atoms with Crippen molar-refractivity contribution >= 4 is 38.9 Å². The van der Waals surface area contributed by atoms with E-state index in [0.29, 0.717) is 0 Å². The minimum absolute atomic E-state index is 0.221. The second-order valence-corrected chi connectivity index (χ2v) is 7.71. The van der Waals surface area contributed by atoms with Crippen LogP contribution in [0.25, 0.3) is 0 Å². The fourth-order valence-corrected chi connectivity index (χ4v) is 4.27. The lowest BCUT2D eigenvalue weighted by atomic mass is 9.86. The van der Waals surface area contributed by atoms with Gasteiger partial charge in [0.15, 0.2) is 0 Å². The van der Waals surface area contributed by atoms with Crippen molar-refractivity contribution in [1.82, 2.24) is 0 Å². The fourth-order valence-electron chi connectivity index (χ4n) is 2.50. The minimum Gasteiger partial charge on any atom is -0.132 e. The number of halogens is 2. The molecule has 2 rings (SSSR count). The summed E-state index contributed by atoms with van der Waals surface area (Å²) < 4.78 is 1.19. The Hall–Kier alpha value is 0.470. The third kappa shape index (κ3) is 3.75. The molecule has 1 saturated carbocycles. The maximum Gasteiger partial charge on any atom is 0.0701 e. The lowest BCUT2D eigenvalue weighted by Crippen LogP contribution is -2.06. The summed E-state index contributed by atoms with van der Waals surface area (Å²) in [5.74, 6) is 0.943. The van der Waals surface area contributed by atoms with Crippen LogP contribution in [0.1, 0.15) is 55.2 Å². The zero-order valence-corrected chi connectivity index (χ0v) is 12.6. The summed E-state index contributed by atoms with van der Waals surface area (Å²) in [6.45, 7) is 0. The lowest BCUT2D eigenvalue weighted by molar-refractivity contribution is 0.331. The Morgan fingerprint density at radius 1 is 1.31 bits per heavy atom. The van der Waals surface area contributed by atoms with Crippen LogP contribution in [0.2, 0.25) is 0 Å². The molecule has 0 aliphatic heterocycles. The molecule has 0 spiro atoms. The van der Waals surface area contributed by atoms with Crippen molar-refractivity contribution in [1.29, 1.82) is 0 Å². The zero-order valence-electron chi connectivity index (χ0n) is 9.42. The van der Waals surface area contributed by atoms with Crippen molar-refractivity contribution in [3.05, 3.63) is 20.8 Å². The van der Waals surface area contributed by atoms with E-state index >= 15 is 0 Å². The Kier molecular flexibility index (Phi) is 5.18. The molecule has 1 atom stereocenters. The summed E-state index contributed by atoms with van der Waals surface area (Å²) in [6, 6.07) is 4.24. The van der Waals surface area contributed by atoms with Gasteiger partial charge in [0.25, 0.3) is 0 Å². The molecule has 0 nitrogen and oxygen atoms in total. The van der Waals surface area contributed by atoms with Crippen LogP contribution in [-0.2, 0) is 0 Å². The maximum atomic E-state index is 6.43. The van der Waals surface area contributed by atoms with Crippen LogP contribution in [0.15, 0.2) is 15.9 Å². The predicted octanol–water partition coefficient (Wildman–Crippen LogP) is 6.15. The van der Waals surface area contributed by atoms with Crippen LogP contribution in [0.4, 0.5) is 0 Å². The topological polar surface area (TPSA) is 0 Å². The largest absolute Gasteiger partial charge is 0.132 e. The minimum atomic E-state index is 0.221. The Labute approximate surface area is 116 Å². The average molecular weight is 322 g/mol. The molecule has 16 heavy (non-hydrogen) atoms.